The van der Waals surface area contributed by atoms with Crippen molar-refractivity contribution < 1.29 is 10.2 Å². The number of hydrogen-bond donors (Lipinski definition) is 2. The topological polar surface area (TPSA) is 43.7 Å². The first kappa shape index (κ1) is 12.6. The minimum atomic E-state index is -0.204. The largest absolute Gasteiger partial charge is 0.395 e. The molecule has 1 aliphatic rings. The normalized spacial score (nSPS) is 26.0. The number of aliphatic hydroxyl groups is 2. The summed E-state index contributed by atoms with van der Waals surface area (Å²) in [5.41, 5.74) is 1.28. The molecule has 3 heteroatoms. The third-order valence-electron chi connectivity index (χ3n) is 3.53. The summed E-state index contributed by atoms with van der Waals surface area (Å²) in [6.07, 6.45) is 1.53. The lowest BCUT2D eigenvalue weighted by Gasteiger charge is -2.36. The van der Waals surface area contributed by atoms with Gasteiger partial charge in [0.05, 0.1) is 12.7 Å². The Morgan fingerprint density at radius 1 is 1.24 bits per heavy atom. The van der Waals surface area contributed by atoms with Crippen LogP contribution in [0.25, 0.3) is 0 Å². The number of rotatable bonds is 4. The van der Waals surface area contributed by atoms with Crippen LogP contribution < -0.4 is 0 Å². The fourth-order valence-electron chi connectivity index (χ4n) is 2.56. The maximum atomic E-state index is 10.0. The number of benzene rings is 1. The van der Waals surface area contributed by atoms with Crippen LogP contribution in [0.4, 0.5) is 0 Å². The monoisotopic (exact) mass is 235 g/mol. The van der Waals surface area contributed by atoms with Crippen molar-refractivity contribution in [2.24, 2.45) is 5.92 Å². The molecule has 2 rings (SSSR count). The maximum absolute atomic E-state index is 10.0. The van der Waals surface area contributed by atoms with Gasteiger partial charge in [-0.25, -0.2) is 0 Å². The SMILES string of the molecule is OCCN1CC[C@H](O)[C@H](Cc2ccccc2)C1. The van der Waals surface area contributed by atoms with Gasteiger partial charge in [-0.05, 0) is 18.4 Å². The first-order chi connectivity index (χ1) is 8.29. The molecule has 0 amide bonds. The predicted octanol–water partition coefficient (Wildman–Crippen LogP) is 0.904. The van der Waals surface area contributed by atoms with Gasteiger partial charge in [-0.1, -0.05) is 30.3 Å². The molecule has 17 heavy (non-hydrogen) atoms. The minimum absolute atomic E-state index is 0.203. The van der Waals surface area contributed by atoms with Gasteiger partial charge in [0.15, 0.2) is 0 Å². The van der Waals surface area contributed by atoms with Crippen LogP contribution in [0.2, 0.25) is 0 Å². The van der Waals surface area contributed by atoms with Crippen LogP contribution in [0.3, 0.4) is 0 Å². The fraction of sp³-hybridized carbons (Fsp3) is 0.571. The molecular weight excluding hydrogens is 214 g/mol. The van der Waals surface area contributed by atoms with Crippen molar-refractivity contribution >= 4 is 0 Å². The molecule has 0 aromatic heterocycles. The van der Waals surface area contributed by atoms with E-state index < -0.39 is 0 Å². The van der Waals surface area contributed by atoms with Gasteiger partial charge in [-0.3, -0.25) is 0 Å². The smallest absolute Gasteiger partial charge is 0.0596 e. The highest BCUT2D eigenvalue weighted by Gasteiger charge is 2.27. The van der Waals surface area contributed by atoms with Crippen molar-refractivity contribution in [2.75, 3.05) is 26.2 Å². The van der Waals surface area contributed by atoms with Gasteiger partial charge in [-0.2, -0.15) is 0 Å². The summed E-state index contributed by atoms with van der Waals surface area (Å²) in [6, 6.07) is 10.3. The summed E-state index contributed by atoms with van der Waals surface area (Å²) in [5, 5.41) is 19.0. The van der Waals surface area contributed by atoms with E-state index in [0.29, 0.717) is 0 Å². The van der Waals surface area contributed by atoms with Gasteiger partial charge < -0.3 is 15.1 Å². The predicted molar refractivity (Wildman–Crippen MR) is 67.8 cm³/mol. The molecular formula is C14H21NO2. The Morgan fingerprint density at radius 3 is 2.71 bits per heavy atom. The zero-order valence-corrected chi connectivity index (χ0v) is 10.1. The zero-order chi connectivity index (χ0) is 12.1. The number of hydrogen-bond acceptors (Lipinski definition) is 3. The molecule has 1 heterocycles. The van der Waals surface area contributed by atoms with Crippen molar-refractivity contribution in [2.45, 2.75) is 18.9 Å². The van der Waals surface area contributed by atoms with E-state index in [1.807, 2.05) is 18.2 Å². The van der Waals surface area contributed by atoms with Crippen LogP contribution >= 0.6 is 0 Å². The van der Waals surface area contributed by atoms with E-state index in [2.05, 4.69) is 17.0 Å². The van der Waals surface area contributed by atoms with Crippen LogP contribution in [-0.2, 0) is 6.42 Å². The second-order valence-corrected chi connectivity index (χ2v) is 4.83. The zero-order valence-electron chi connectivity index (χ0n) is 10.1. The number of nitrogens with zero attached hydrogens (tertiary/aromatic N) is 1. The van der Waals surface area contributed by atoms with Crippen LogP contribution in [0.1, 0.15) is 12.0 Å². The number of likely N-dealkylation sites (tertiary alicyclic amines) is 1. The van der Waals surface area contributed by atoms with Crippen molar-refractivity contribution in [1.29, 1.82) is 0 Å². The van der Waals surface area contributed by atoms with E-state index >= 15 is 0 Å². The summed E-state index contributed by atoms with van der Waals surface area (Å²) in [4.78, 5) is 2.24. The standard InChI is InChI=1S/C14H21NO2/c16-9-8-15-7-6-14(17)13(11-15)10-12-4-2-1-3-5-12/h1-5,13-14,16-17H,6-11H2/t13-,14+/m1/s1. The van der Waals surface area contributed by atoms with Gasteiger partial charge in [-0.15, -0.1) is 0 Å². The van der Waals surface area contributed by atoms with Crippen molar-refractivity contribution in [3.63, 3.8) is 0 Å². The molecule has 0 spiro atoms. The van der Waals surface area contributed by atoms with E-state index in [9.17, 15) is 5.11 Å². The van der Waals surface area contributed by atoms with E-state index in [1.165, 1.54) is 5.56 Å². The van der Waals surface area contributed by atoms with E-state index in [0.717, 1.165) is 32.5 Å². The summed E-state index contributed by atoms with van der Waals surface area (Å²) >= 11 is 0. The minimum Gasteiger partial charge on any atom is -0.395 e. The number of aliphatic hydroxyl groups excluding tert-OH is 2. The third kappa shape index (κ3) is 3.53. The molecule has 1 aromatic rings. The van der Waals surface area contributed by atoms with Gasteiger partial charge >= 0.3 is 0 Å². The quantitative estimate of drug-likeness (QED) is 0.815. The Bertz CT molecular complexity index is 328. The van der Waals surface area contributed by atoms with E-state index in [4.69, 9.17) is 5.11 Å². The first-order valence-electron chi connectivity index (χ1n) is 6.35. The second-order valence-electron chi connectivity index (χ2n) is 4.83. The molecule has 1 aromatic carbocycles. The van der Waals surface area contributed by atoms with Crippen LogP contribution in [0.5, 0.6) is 0 Å². The lowest BCUT2D eigenvalue weighted by molar-refractivity contribution is 0.0213. The third-order valence-corrected chi connectivity index (χ3v) is 3.53. The summed E-state index contributed by atoms with van der Waals surface area (Å²) in [5.74, 6) is 0.290. The van der Waals surface area contributed by atoms with Crippen LogP contribution in [0, 0.1) is 5.92 Å². The number of β-amino-alcohol motifs (C(OH)–C–C–N with tert-alkyl or cyclic N) is 1. The average molecular weight is 235 g/mol. The highest BCUT2D eigenvalue weighted by Crippen LogP contribution is 2.21. The first-order valence-corrected chi connectivity index (χ1v) is 6.35. The van der Waals surface area contributed by atoms with Gasteiger partial charge in [0.2, 0.25) is 0 Å². The van der Waals surface area contributed by atoms with E-state index in [-0.39, 0.29) is 18.6 Å². The summed E-state index contributed by atoms with van der Waals surface area (Å²) in [6.45, 7) is 2.70. The maximum Gasteiger partial charge on any atom is 0.0596 e. The lowest BCUT2D eigenvalue weighted by Crippen LogP contribution is -2.44. The van der Waals surface area contributed by atoms with Gasteiger partial charge in [0, 0.05) is 25.6 Å². The fourth-order valence-corrected chi connectivity index (χ4v) is 2.56. The Morgan fingerprint density at radius 2 is 2.00 bits per heavy atom. The van der Waals surface area contributed by atoms with Crippen molar-refractivity contribution in [3.05, 3.63) is 35.9 Å². The molecule has 1 fully saturated rings. The Labute approximate surface area is 103 Å². The molecule has 2 N–H and O–H groups in total. The Kier molecular flexibility index (Phi) is 4.54. The Balaban J connectivity index is 1.94. The summed E-state index contributed by atoms with van der Waals surface area (Å²) in [7, 11) is 0. The highest BCUT2D eigenvalue weighted by molar-refractivity contribution is 5.15. The molecule has 0 radical (unpaired) electrons. The molecule has 0 unspecified atom stereocenters. The molecule has 0 aliphatic carbocycles. The van der Waals surface area contributed by atoms with Crippen LogP contribution in [-0.4, -0.2) is 47.5 Å². The molecule has 2 atom stereocenters. The van der Waals surface area contributed by atoms with Crippen LogP contribution in [0.15, 0.2) is 30.3 Å². The molecule has 0 bridgehead atoms. The molecule has 1 saturated heterocycles. The molecule has 94 valence electrons. The molecule has 1 aliphatic heterocycles. The van der Waals surface area contributed by atoms with Gasteiger partial charge in [0.1, 0.15) is 0 Å². The van der Waals surface area contributed by atoms with Gasteiger partial charge in [0.25, 0.3) is 0 Å². The molecule has 3 nitrogen and oxygen atoms in total. The van der Waals surface area contributed by atoms with Crippen molar-refractivity contribution in [1.82, 2.24) is 4.90 Å². The second kappa shape index (κ2) is 6.15. The lowest BCUT2D eigenvalue weighted by atomic mass is 9.89. The summed E-state index contributed by atoms with van der Waals surface area (Å²) < 4.78 is 0. The average Bonchev–Trinajstić information content (AvgIpc) is 2.35. The number of piperidine rings is 1. The van der Waals surface area contributed by atoms with E-state index in [1.54, 1.807) is 0 Å². The Hall–Kier alpha value is -0.900. The highest BCUT2D eigenvalue weighted by atomic mass is 16.3. The molecule has 0 saturated carbocycles. The van der Waals surface area contributed by atoms with Crippen molar-refractivity contribution in [3.8, 4) is 0 Å².